The van der Waals surface area contributed by atoms with Gasteiger partial charge in [0.2, 0.25) is 0 Å². The van der Waals surface area contributed by atoms with Gasteiger partial charge in [0.15, 0.2) is 4.80 Å². The Labute approximate surface area is 204 Å². The molecular formula is C26H20ClN3O3S. The summed E-state index contributed by atoms with van der Waals surface area (Å²) >= 11 is 7.56. The van der Waals surface area contributed by atoms with Crippen LogP contribution in [0.5, 0.6) is 0 Å². The summed E-state index contributed by atoms with van der Waals surface area (Å²) in [5.74, 6) is 0.841. The summed E-state index contributed by atoms with van der Waals surface area (Å²) in [6.07, 6.45) is 1.75. The highest BCUT2D eigenvalue weighted by Crippen LogP contribution is 2.31. The molecule has 0 bridgehead atoms. The van der Waals surface area contributed by atoms with Crippen LogP contribution in [0.3, 0.4) is 0 Å². The Kier molecular flexibility index (Phi) is 5.81. The van der Waals surface area contributed by atoms with Crippen LogP contribution in [0.1, 0.15) is 30.0 Å². The summed E-state index contributed by atoms with van der Waals surface area (Å²) in [6, 6.07) is 19.3. The number of anilines is 1. The molecule has 6 nitrogen and oxygen atoms in total. The van der Waals surface area contributed by atoms with E-state index in [9.17, 15) is 9.59 Å². The van der Waals surface area contributed by atoms with Gasteiger partial charge in [0.05, 0.1) is 15.8 Å². The summed E-state index contributed by atoms with van der Waals surface area (Å²) in [6.45, 7) is 3.60. The third-order valence-electron chi connectivity index (χ3n) is 5.52. The summed E-state index contributed by atoms with van der Waals surface area (Å²) in [7, 11) is 0. The number of allylic oxidation sites excluding steroid dienone is 1. The number of aromatic nitrogens is 1. The number of fused-ring (bicyclic) bond motifs is 1. The van der Waals surface area contributed by atoms with Crippen molar-refractivity contribution in [3.8, 4) is 0 Å². The molecule has 0 saturated carbocycles. The predicted octanol–water partition coefficient (Wildman–Crippen LogP) is 4.43. The van der Waals surface area contributed by atoms with E-state index in [2.05, 4.69) is 10.3 Å². The molecule has 1 amide bonds. The molecule has 4 aromatic rings. The number of hydrogen-bond acceptors (Lipinski definition) is 5. The number of carbonyl (C=O) groups excluding carboxylic acids is 1. The number of amides is 1. The average Bonchev–Trinajstić information content (AvgIpc) is 3.38. The predicted molar refractivity (Wildman–Crippen MR) is 134 cm³/mol. The number of aryl methyl sites for hydroxylation is 1. The number of nitrogens with zero attached hydrogens (tertiary/aromatic N) is 2. The molecule has 8 heteroatoms. The van der Waals surface area contributed by atoms with Crippen LogP contribution in [-0.4, -0.2) is 10.5 Å². The minimum Gasteiger partial charge on any atom is -0.464 e. The molecule has 0 aliphatic carbocycles. The number of para-hydroxylation sites is 1. The van der Waals surface area contributed by atoms with Crippen molar-refractivity contribution in [1.29, 1.82) is 0 Å². The Morgan fingerprint density at radius 3 is 2.53 bits per heavy atom. The van der Waals surface area contributed by atoms with Crippen LogP contribution in [0.4, 0.5) is 5.69 Å². The Hall–Kier alpha value is -3.68. The Morgan fingerprint density at radius 2 is 1.82 bits per heavy atom. The van der Waals surface area contributed by atoms with Crippen molar-refractivity contribution in [2.24, 2.45) is 4.99 Å². The molecule has 170 valence electrons. The van der Waals surface area contributed by atoms with E-state index in [0.29, 0.717) is 42.8 Å². The molecule has 1 atom stereocenters. The summed E-state index contributed by atoms with van der Waals surface area (Å²) in [5, 5.41) is 3.46. The van der Waals surface area contributed by atoms with Gasteiger partial charge in [-0.05, 0) is 55.8 Å². The zero-order chi connectivity index (χ0) is 23.8. The quantitative estimate of drug-likeness (QED) is 0.460. The van der Waals surface area contributed by atoms with Crippen molar-refractivity contribution in [3.63, 3.8) is 0 Å². The highest BCUT2D eigenvalue weighted by atomic mass is 35.5. The Morgan fingerprint density at radius 1 is 1.09 bits per heavy atom. The van der Waals surface area contributed by atoms with Gasteiger partial charge >= 0.3 is 0 Å². The molecule has 0 fully saturated rings. The number of carbonyl (C=O) groups is 1. The number of rotatable bonds is 4. The van der Waals surface area contributed by atoms with E-state index in [0.717, 1.165) is 5.56 Å². The maximum atomic E-state index is 13.6. The van der Waals surface area contributed by atoms with E-state index >= 15 is 0 Å². The minimum absolute atomic E-state index is 0.264. The van der Waals surface area contributed by atoms with Crippen LogP contribution < -0.4 is 20.2 Å². The van der Waals surface area contributed by atoms with Crippen LogP contribution in [0.15, 0.2) is 92.2 Å². The Balaban J connectivity index is 1.68. The maximum absolute atomic E-state index is 13.6. The highest BCUT2D eigenvalue weighted by molar-refractivity contribution is 7.07. The molecule has 34 heavy (non-hydrogen) atoms. The van der Waals surface area contributed by atoms with Gasteiger partial charge in [0, 0.05) is 10.7 Å². The fraction of sp³-hybridized carbons (Fsp3) is 0.115. The lowest BCUT2D eigenvalue weighted by Gasteiger charge is -2.23. The molecule has 1 aliphatic rings. The van der Waals surface area contributed by atoms with Crippen molar-refractivity contribution in [3.05, 3.63) is 120 Å². The van der Waals surface area contributed by atoms with Gasteiger partial charge in [-0.2, -0.15) is 0 Å². The maximum Gasteiger partial charge on any atom is 0.271 e. The molecule has 3 heterocycles. The number of halogens is 1. The van der Waals surface area contributed by atoms with Crippen LogP contribution in [0, 0.1) is 6.92 Å². The molecule has 0 spiro atoms. The summed E-state index contributed by atoms with van der Waals surface area (Å²) < 4.78 is 7.91. The van der Waals surface area contributed by atoms with Gasteiger partial charge < -0.3 is 9.73 Å². The second-order valence-corrected chi connectivity index (χ2v) is 9.29. The minimum atomic E-state index is -0.748. The topological polar surface area (TPSA) is 76.6 Å². The molecular weight excluding hydrogens is 470 g/mol. The van der Waals surface area contributed by atoms with Crippen molar-refractivity contribution in [2.75, 3.05) is 5.32 Å². The second kappa shape index (κ2) is 8.93. The van der Waals surface area contributed by atoms with Crippen molar-refractivity contribution in [2.45, 2.75) is 19.9 Å². The summed E-state index contributed by atoms with van der Waals surface area (Å²) in [5.41, 5.74) is 2.00. The lowest BCUT2D eigenvalue weighted by Crippen LogP contribution is -2.40. The third kappa shape index (κ3) is 4.04. The van der Waals surface area contributed by atoms with E-state index < -0.39 is 6.04 Å². The van der Waals surface area contributed by atoms with Gasteiger partial charge in [-0.15, -0.1) is 0 Å². The molecule has 0 radical (unpaired) electrons. The van der Waals surface area contributed by atoms with Crippen LogP contribution in [0.25, 0.3) is 6.08 Å². The third-order valence-corrected chi connectivity index (χ3v) is 6.85. The van der Waals surface area contributed by atoms with Crippen molar-refractivity contribution < 1.29 is 9.21 Å². The first-order chi connectivity index (χ1) is 16.4. The zero-order valence-electron chi connectivity index (χ0n) is 18.4. The summed E-state index contributed by atoms with van der Waals surface area (Å²) in [4.78, 5) is 32.1. The first-order valence-electron chi connectivity index (χ1n) is 10.6. The lowest BCUT2D eigenvalue weighted by molar-refractivity contribution is -0.113. The second-order valence-electron chi connectivity index (χ2n) is 7.87. The SMILES string of the molecule is CC1=C(C(=O)Nc2ccccc2)C(c2ccc(C)o2)n2c(s/c(=C/c3ccccc3Cl)c2=O)=N1. The largest absolute Gasteiger partial charge is 0.464 e. The van der Waals surface area contributed by atoms with Crippen molar-refractivity contribution >= 4 is 40.6 Å². The fourth-order valence-corrected chi connectivity index (χ4v) is 5.16. The molecule has 1 aliphatic heterocycles. The Bertz CT molecular complexity index is 1610. The number of hydrogen-bond donors (Lipinski definition) is 1. The van der Waals surface area contributed by atoms with E-state index in [1.54, 1.807) is 37.3 Å². The molecule has 1 N–H and O–H groups in total. The highest BCUT2D eigenvalue weighted by Gasteiger charge is 2.34. The molecule has 1 unspecified atom stereocenters. The molecule has 2 aromatic carbocycles. The van der Waals surface area contributed by atoms with E-state index in [-0.39, 0.29) is 11.5 Å². The van der Waals surface area contributed by atoms with Gasteiger partial charge in [-0.1, -0.05) is 59.3 Å². The smallest absolute Gasteiger partial charge is 0.271 e. The van der Waals surface area contributed by atoms with E-state index in [1.807, 2.05) is 49.4 Å². The van der Waals surface area contributed by atoms with E-state index in [4.69, 9.17) is 16.0 Å². The number of thiazole rings is 1. The number of nitrogens with one attached hydrogen (secondary N) is 1. The van der Waals surface area contributed by atoms with Gasteiger partial charge in [-0.3, -0.25) is 14.2 Å². The van der Waals surface area contributed by atoms with E-state index in [1.165, 1.54) is 15.9 Å². The zero-order valence-corrected chi connectivity index (χ0v) is 20.0. The number of furan rings is 1. The molecule has 5 rings (SSSR count). The van der Waals surface area contributed by atoms with Crippen LogP contribution in [-0.2, 0) is 4.79 Å². The van der Waals surface area contributed by atoms with Crippen molar-refractivity contribution in [1.82, 2.24) is 4.57 Å². The standard InChI is InChI=1S/C26H20ClN3O3S/c1-15-12-13-20(33-15)23-22(24(31)29-18-9-4-3-5-10-18)16(2)28-26-30(23)25(32)21(34-26)14-17-8-6-7-11-19(17)27/h3-14,23H,1-2H3,(H,29,31)/b21-14+. The first-order valence-corrected chi connectivity index (χ1v) is 11.8. The van der Waals surface area contributed by atoms with Gasteiger partial charge in [0.25, 0.3) is 11.5 Å². The first kappa shape index (κ1) is 22.1. The fourth-order valence-electron chi connectivity index (χ4n) is 3.93. The molecule has 2 aromatic heterocycles. The monoisotopic (exact) mass is 489 g/mol. The molecule has 0 saturated heterocycles. The number of benzene rings is 2. The van der Waals surface area contributed by atoms with Crippen LogP contribution >= 0.6 is 22.9 Å². The average molecular weight is 490 g/mol. The lowest BCUT2D eigenvalue weighted by atomic mass is 10.00. The van der Waals surface area contributed by atoms with Gasteiger partial charge in [-0.25, -0.2) is 4.99 Å². The van der Waals surface area contributed by atoms with Gasteiger partial charge in [0.1, 0.15) is 17.6 Å². The van der Waals surface area contributed by atoms with Crippen LogP contribution in [0.2, 0.25) is 5.02 Å². The normalized spacial score (nSPS) is 15.7.